The molecule has 0 spiro atoms. The number of carbonyl (C=O) groups excluding carboxylic acids is 1. The maximum Gasteiger partial charge on any atom is 0.328 e. The average Bonchev–Trinajstić information content (AvgIpc) is 2.67. The molecule has 0 radical (unpaired) electrons. The standard InChI is InChI=1S/C20H25ClN4O3/c1-14-12-18(26)25(20(28)23-14)11-10-24-8-6-15(7-9-24)19(27)22-13-16-4-2-3-5-17(16)21/h2-5,12,15H,6-11,13H2,1H3,(H,22,27)(H,23,28). The van der Waals surface area contributed by atoms with Crippen LogP contribution in [0.1, 0.15) is 24.1 Å². The lowest BCUT2D eigenvalue weighted by Gasteiger charge is -2.31. The molecule has 3 rings (SSSR count). The summed E-state index contributed by atoms with van der Waals surface area (Å²) in [5.74, 6) is 0.0232. The van der Waals surface area contributed by atoms with Crippen molar-refractivity contribution in [2.75, 3.05) is 19.6 Å². The predicted molar refractivity (Wildman–Crippen MR) is 109 cm³/mol. The molecule has 1 amide bonds. The van der Waals surface area contributed by atoms with E-state index < -0.39 is 0 Å². The van der Waals surface area contributed by atoms with Crippen molar-refractivity contribution in [1.29, 1.82) is 0 Å². The van der Waals surface area contributed by atoms with E-state index in [0.717, 1.165) is 31.5 Å². The molecule has 1 fully saturated rings. The summed E-state index contributed by atoms with van der Waals surface area (Å²) >= 11 is 6.12. The van der Waals surface area contributed by atoms with E-state index in [1.54, 1.807) is 6.92 Å². The Hall–Kier alpha value is -2.38. The Morgan fingerprint density at radius 1 is 1.21 bits per heavy atom. The summed E-state index contributed by atoms with van der Waals surface area (Å²) in [7, 11) is 0. The van der Waals surface area contributed by atoms with Gasteiger partial charge in [0, 0.05) is 42.3 Å². The number of nitrogens with zero attached hydrogens (tertiary/aromatic N) is 2. The molecule has 150 valence electrons. The zero-order chi connectivity index (χ0) is 20.1. The van der Waals surface area contributed by atoms with Gasteiger partial charge in [-0.2, -0.15) is 0 Å². The normalized spacial score (nSPS) is 15.5. The number of H-pyrrole nitrogens is 1. The van der Waals surface area contributed by atoms with Gasteiger partial charge in [0.05, 0.1) is 0 Å². The molecule has 2 aromatic rings. The van der Waals surface area contributed by atoms with Crippen LogP contribution in [0.3, 0.4) is 0 Å². The van der Waals surface area contributed by atoms with Crippen LogP contribution in [0.25, 0.3) is 0 Å². The van der Waals surface area contributed by atoms with E-state index in [0.29, 0.717) is 30.4 Å². The third kappa shape index (κ3) is 5.11. The van der Waals surface area contributed by atoms with Gasteiger partial charge in [-0.05, 0) is 44.5 Å². The molecule has 1 aromatic heterocycles. The Morgan fingerprint density at radius 2 is 1.93 bits per heavy atom. The molecule has 28 heavy (non-hydrogen) atoms. The van der Waals surface area contributed by atoms with E-state index in [-0.39, 0.29) is 23.1 Å². The largest absolute Gasteiger partial charge is 0.352 e. The summed E-state index contributed by atoms with van der Waals surface area (Å²) < 4.78 is 1.22. The minimum atomic E-state index is -0.376. The molecule has 0 unspecified atom stereocenters. The third-order valence-corrected chi connectivity index (χ3v) is 5.53. The molecular formula is C20H25ClN4O3. The van der Waals surface area contributed by atoms with Gasteiger partial charge in [0.25, 0.3) is 5.56 Å². The van der Waals surface area contributed by atoms with Gasteiger partial charge in [0.1, 0.15) is 0 Å². The molecule has 0 saturated carbocycles. The number of aromatic nitrogens is 2. The predicted octanol–water partition coefficient (Wildman–Crippen LogP) is 1.53. The number of likely N-dealkylation sites (tertiary alicyclic amines) is 1. The van der Waals surface area contributed by atoms with Crippen molar-refractivity contribution in [3.8, 4) is 0 Å². The van der Waals surface area contributed by atoms with Crippen LogP contribution in [-0.2, 0) is 17.9 Å². The first-order chi connectivity index (χ1) is 13.4. The second-order valence-corrected chi connectivity index (χ2v) is 7.58. The zero-order valence-corrected chi connectivity index (χ0v) is 16.7. The second kappa shape index (κ2) is 9.21. The molecule has 1 aliphatic rings. The Morgan fingerprint density at radius 3 is 2.61 bits per heavy atom. The summed E-state index contributed by atoms with van der Waals surface area (Å²) in [4.78, 5) is 41.1. The van der Waals surface area contributed by atoms with E-state index in [1.165, 1.54) is 10.6 Å². The number of hydrogen-bond donors (Lipinski definition) is 2. The Bertz CT molecular complexity index is 914. The number of aryl methyl sites for hydroxylation is 1. The maximum absolute atomic E-state index is 12.4. The SMILES string of the molecule is Cc1cc(=O)n(CCN2CCC(C(=O)NCc3ccccc3Cl)CC2)c(=O)[nH]1. The topological polar surface area (TPSA) is 87.2 Å². The van der Waals surface area contributed by atoms with Crippen LogP contribution in [0.5, 0.6) is 0 Å². The minimum absolute atomic E-state index is 0.0239. The van der Waals surface area contributed by atoms with Crippen LogP contribution in [0.2, 0.25) is 5.02 Å². The van der Waals surface area contributed by atoms with E-state index in [9.17, 15) is 14.4 Å². The number of nitrogens with one attached hydrogen (secondary N) is 2. The smallest absolute Gasteiger partial charge is 0.328 e. The number of carbonyl (C=O) groups is 1. The summed E-state index contributed by atoms with van der Waals surface area (Å²) in [5, 5.41) is 3.62. The van der Waals surface area contributed by atoms with Gasteiger partial charge in [-0.3, -0.25) is 14.2 Å². The monoisotopic (exact) mass is 404 g/mol. The van der Waals surface area contributed by atoms with Gasteiger partial charge in [-0.15, -0.1) is 0 Å². The highest BCUT2D eigenvalue weighted by Gasteiger charge is 2.24. The van der Waals surface area contributed by atoms with Gasteiger partial charge in [-0.25, -0.2) is 4.79 Å². The van der Waals surface area contributed by atoms with Crippen LogP contribution in [0, 0.1) is 12.8 Å². The van der Waals surface area contributed by atoms with Crippen LogP contribution >= 0.6 is 11.6 Å². The van der Waals surface area contributed by atoms with Crippen molar-refractivity contribution in [2.24, 2.45) is 5.92 Å². The molecule has 0 atom stereocenters. The number of piperidine rings is 1. The molecule has 0 bridgehead atoms. The molecule has 2 heterocycles. The molecule has 2 N–H and O–H groups in total. The molecule has 1 aromatic carbocycles. The fourth-order valence-corrected chi connectivity index (χ4v) is 3.68. The first kappa shape index (κ1) is 20.4. The van der Waals surface area contributed by atoms with Crippen molar-refractivity contribution >= 4 is 17.5 Å². The van der Waals surface area contributed by atoms with Crippen molar-refractivity contribution in [2.45, 2.75) is 32.9 Å². The lowest BCUT2D eigenvalue weighted by molar-refractivity contribution is -0.126. The Labute approximate surface area is 168 Å². The fourth-order valence-electron chi connectivity index (χ4n) is 3.48. The van der Waals surface area contributed by atoms with Gasteiger partial charge in [0.15, 0.2) is 0 Å². The molecule has 0 aliphatic carbocycles. The number of amides is 1. The third-order valence-electron chi connectivity index (χ3n) is 5.16. The van der Waals surface area contributed by atoms with Crippen molar-refractivity contribution in [3.63, 3.8) is 0 Å². The first-order valence-electron chi connectivity index (χ1n) is 9.48. The number of hydrogen-bond acceptors (Lipinski definition) is 4. The molecular weight excluding hydrogens is 380 g/mol. The first-order valence-corrected chi connectivity index (χ1v) is 9.86. The van der Waals surface area contributed by atoms with Gasteiger partial charge >= 0.3 is 5.69 Å². The van der Waals surface area contributed by atoms with E-state index >= 15 is 0 Å². The lowest BCUT2D eigenvalue weighted by atomic mass is 9.96. The van der Waals surface area contributed by atoms with E-state index in [1.807, 2.05) is 24.3 Å². The van der Waals surface area contributed by atoms with Crippen LogP contribution < -0.4 is 16.6 Å². The fraction of sp³-hybridized carbons (Fsp3) is 0.450. The van der Waals surface area contributed by atoms with Gasteiger partial charge < -0.3 is 15.2 Å². The highest BCUT2D eigenvalue weighted by Crippen LogP contribution is 2.18. The van der Waals surface area contributed by atoms with Crippen LogP contribution in [-0.4, -0.2) is 40.0 Å². The van der Waals surface area contributed by atoms with E-state index in [2.05, 4.69) is 15.2 Å². The summed E-state index contributed by atoms with van der Waals surface area (Å²) in [6, 6.07) is 8.90. The Kier molecular flexibility index (Phi) is 6.70. The van der Waals surface area contributed by atoms with Crippen molar-refractivity contribution < 1.29 is 4.79 Å². The second-order valence-electron chi connectivity index (χ2n) is 7.17. The summed E-state index contributed by atoms with van der Waals surface area (Å²) in [5.41, 5.74) is 0.813. The minimum Gasteiger partial charge on any atom is -0.352 e. The molecule has 1 aliphatic heterocycles. The van der Waals surface area contributed by atoms with Crippen LogP contribution in [0.15, 0.2) is 39.9 Å². The molecule has 8 heteroatoms. The quantitative estimate of drug-likeness (QED) is 0.764. The number of benzene rings is 1. The number of halogens is 1. The van der Waals surface area contributed by atoms with Crippen LogP contribution in [0.4, 0.5) is 0 Å². The average molecular weight is 405 g/mol. The van der Waals surface area contributed by atoms with Crippen molar-refractivity contribution in [3.05, 3.63) is 67.4 Å². The van der Waals surface area contributed by atoms with Gasteiger partial charge in [-0.1, -0.05) is 29.8 Å². The molecule has 7 nitrogen and oxygen atoms in total. The van der Waals surface area contributed by atoms with Crippen molar-refractivity contribution in [1.82, 2.24) is 19.8 Å². The van der Waals surface area contributed by atoms with Gasteiger partial charge in [0.2, 0.25) is 5.91 Å². The Balaban J connectivity index is 1.45. The molecule has 1 saturated heterocycles. The number of aromatic amines is 1. The number of rotatable bonds is 6. The highest BCUT2D eigenvalue weighted by atomic mass is 35.5. The summed E-state index contributed by atoms with van der Waals surface area (Å²) in [6.45, 7) is 4.61. The lowest BCUT2D eigenvalue weighted by Crippen LogP contribution is -2.43. The zero-order valence-electron chi connectivity index (χ0n) is 15.9. The van der Waals surface area contributed by atoms with E-state index in [4.69, 9.17) is 11.6 Å². The summed E-state index contributed by atoms with van der Waals surface area (Å²) in [6.07, 6.45) is 1.51. The highest BCUT2D eigenvalue weighted by molar-refractivity contribution is 6.31. The maximum atomic E-state index is 12.4.